The normalized spacial score (nSPS) is 7.69. The average molecular weight is 174 g/mol. The molecule has 0 aliphatic carbocycles. The number of hydrogen-bond acceptors (Lipinski definition) is 0. The van der Waals surface area contributed by atoms with Crippen LogP contribution in [-0.2, 0) is 0 Å². The van der Waals surface area contributed by atoms with Crippen molar-refractivity contribution in [3.8, 4) is 11.8 Å². The molecule has 0 radical (unpaired) electrons. The van der Waals surface area contributed by atoms with E-state index in [4.69, 9.17) is 0 Å². The molecule has 0 spiro atoms. The summed E-state index contributed by atoms with van der Waals surface area (Å²) < 4.78 is 0. The van der Waals surface area contributed by atoms with Crippen LogP contribution in [0.1, 0.15) is 38.3 Å². The Kier molecular flexibility index (Phi) is 6.73. The van der Waals surface area contributed by atoms with Crippen LogP contribution in [0.25, 0.3) is 0 Å². The van der Waals surface area contributed by atoms with Gasteiger partial charge in [-0.1, -0.05) is 43.9 Å². The predicted octanol–water partition coefficient (Wildman–Crippen LogP) is 3.78. The smallest absolute Gasteiger partial charge is 0.0245 e. The van der Waals surface area contributed by atoms with E-state index in [0.717, 1.165) is 5.56 Å². The zero-order valence-corrected chi connectivity index (χ0v) is 9.02. The maximum Gasteiger partial charge on any atom is 0.0245 e. The van der Waals surface area contributed by atoms with Crippen LogP contribution in [0.15, 0.2) is 24.3 Å². The standard InChI is InChI=1S/C10H10.C3H8/c1-3-4-10-7-5-9(2)6-8-10;1-3-2/h5-8H,1-2H3;3H2,1-2H3. The Morgan fingerprint density at radius 3 is 1.92 bits per heavy atom. The highest BCUT2D eigenvalue weighted by atomic mass is 13.9. The predicted molar refractivity (Wildman–Crippen MR) is 59.7 cm³/mol. The maximum absolute atomic E-state index is 2.98. The molecule has 0 heteroatoms. The molecule has 0 fully saturated rings. The summed E-state index contributed by atoms with van der Waals surface area (Å²) in [5, 5.41) is 0. The first kappa shape index (κ1) is 11.8. The molecule has 0 N–H and O–H groups in total. The summed E-state index contributed by atoms with van der Waals surface area (Å²) >= 11 is 0. The van der Waals surface area contributed by atoms with Crippen LogP contribution in [0.4, 0.5) is 0 Å². The molecule has 0 aliphatic heterocycles. The third-order valence-corrected chi connectivity index (χ3v) is 1.32. The average Bonchev–Trinajstić information content (AvgIpc) is 2.11. The number of rotatable bonds is 0. The second kappa shape index (κ2) is 7.43. The molecule has 0 nitrogen and oxygen atoms in total. The lowest BCUT2D eigenvalue weighted by atomic mass is 10.2. The van der Waals surface area contributed by atoms with Crippen molar-refractivity contribution < 1.29 is 0 Å². The fourth-order valence-electron chi connectivity index (χ4n) is 0.781. The van der Waals surface area contributed by atoms with Gasteiger partial charge in [0.15, 0.2) is 0 Å². The van der Waals surface area contributed by atoms with E-state index in [2.05, 4.69) is 44.7 Å². The van der Waals surface area contributed by atoms with Gasteiger partial charge in [0.25, 0.3) is 0 Å². The first-order valence-corrected chi connectivity index (χ1v) is 4.74. The third-order valence-electron chi connectivity index (χ3n) is 1.32. The van der Waals surface area contributed by atoms with Crippen molar-refractivity contribution in [2.75, 3.05) is 0 Å². The van der Waals surface area contributed by atoms with E-state index in [1.165, 1.54) is 12.0 Å². The van der Waals surface area contributed by atoms with Gasteiger partial charge in [-0.2, -0.15) is 0 Å². The molecule has 0 atom stereocenters. The number of benzene rings is 1. The Balaban J connectivity index is 0.000000424. The van der Waals surface area contributed by atoms with Gasteiger partial charge in [0, 0.05) is 5.56 Å². The number of aryl methyl sites for hydroxylation is 1. The Hall–Kier alpha value is -1.22. The Morgan fingerprint density at radius 1 is 1.08 bits per heavy atom. The Morgan fingerprint density at radius 2 is 1.54 bits per heavy atom. The minimum Gasteiger partial charge on any atom is -0.101 e. The van der Waals surface area contributed by atoms with Crippen molar-refractivity contribution >= 4 is 0 Å². The van der Waals surface area contributed by atoms with E-state index in [1.807, 2.05) is 19.1 Å². The molecule has 0 saturated carbocycles. The summed E-state index contributed by atoms with van der Waals surface area (Å²) in [4.78, 5) is 0. The molecular weight excluding hydrogens is 156 g/mol. The Bertz CT molecular complexity index is 269. The van der Waals surface area contributed by atoms with Crippen LogP contribution in [0.2, 0.25) is 0 Å². The van der Waals surface area contributed by atoms with Crippen molar-refractivity contribution in [1.29, 1.82) is 0 Å². The third kappa shape index (κ3) is 5.99. The second-order valence-corrected chi connectivity index (χ2v) is 2.95. The molecule has 0 aromatic heterocycles. The van der Waals surface area contributed by atoms with E-state index in [1.54, 1.807) is 0 Å². The van der Waals surface area contributed by atoms with Crippen LogP contribution in [0.5, 0.6) is 0 Å². The lowest BCUT2D eigenvalue weighted by Gasteiger charge is -1.90. The van der Waals surface area contributed by atoms with Crippen LogP contribution in [-0.4, -0.2) is 0 Å². The van der Waals surface area contributed by atoms with E-state index in [0.29, 0.717) is 0 Å². The summed E-state index contributed by atoms with van der Waals surface area (Å²) in [5.74, 6) is 5.84. The quantitative estimate of drug-likeness (QED) is 0.525. The van der Waals surface area contributed by atoms with E-state index >= 15 is 0 Å². The van der Waals surface area contributed by atoms with Crippen molar-refractivity contribution in [3.63, 3.8) is 0 Å². The van der Waals surface area contributed by atoms with Crippen molar-refractivity contribution in [3.05, 3.63) is 35.4 Å². The van der Waals surface area contributed by atoms with Gasteiger partial charge in [-0.25, -0.2) is 0 Å². The highest BCUT2D eigenvalue weighted by molar-refractivity contribution is 5.35. The molecule has 1 rings (SSSR count). The van der Waals surface area contributed by atoms with Gasteiger partial charge < -0.3 is 0 Å². The molecule has 13 heavy (non-hydrogen) atoms. The van der Waals surface area contributed by atoms with E-state index in [9.17, 15) is 0 Å². The van der Waals surface area contributed by atoms with Gasteiger partial charge >= 0.3 is 0 Å². The highest BCUT2D eigenvalue weighted by Crippen LogP contribution is 2.00. The monoisotopic (exact) mass is 174 g/mol. The van der Waals surface area contributed by atoms with Crippen LogP contribution in [0, 0.1) is 18.8 Å². The summed E-state index contributed by atoms with van der Waals surface area (Å²) in [5.41, 5.74) is 2.37. The molecular formula is C13H18. The van der Waals surface area contributed by atoms with Gasteiger partial charge in [-0.15, -0.1) is 5.92 Å². The van der Waals surface area contributed by atoms with Gasteiger partial charge in [-0.05, 0) is 26.0 Å². The molecule has 0 heterocycles. The molecule has 70 valence electrons. The van der Waals surface area contributed by atoms with Crippen LogP contribution >= 0.6 is 0 Å². The van der Waals surface area contributed by atoms with E-state index < -0.39 is 0 Å². The molecule has 1 aromatic carbocycles. The summed E-state index contributed by atoms with van der Waals surface area (Å²) in [6.07, 6.45) is 1.25. The van der Waals surface area contributed by atoms with Gasteiger partial charge in [0.2, 0.25) is 0 Å². The molecule has 0 aliphatic rings. The van der Waals surface area contributed by atoms with Crippen LogP contribution in [0.3, 0.4) is 0 Å². The zero-order chi connectivity index (χ0) is 10.1. The molecule has 0 bridgehead atoms. The van der Waals surface area contributed by atoms with E-state index in [-0.39, 0.29) is 0 Å². The summed E-state index contributed by atoms with van der Waals surface area (Å²) in [6.45, 7) is 8.17. The van der Waals surface area contributed by atoms with Crippen molar-refractivity contribution in [1.82, 2.24) is 0 Å². The maximum atomic E-state index is 2.98. The topological polar surface area (TPSA) is 0 Å². The Labute approximate surface area is 82.0 Å². The highest BCUT2D eigenvalue weighted by Gasteiger charge is 1.83. The fraction of sp³-hybridized carbons (Fsp3) is 0.385. The minimum absolute atomic E-state index is 1.09. The largest absolute Gasteiger partial charge is 0.101 e. The van der Waals surface area contributed by atoms with Crippen LogP contribution < -0.4 is 0 Å². The van der Waals surface area contributed by atoms with Gasteiger partial charge in [0.05, 0.1) is 0 Å². The zero-order valence-electron chi connectivity index (χ0n) is 9.02. The van der Waals surface area contributed by atoms with Gasteiger partial charge in [0.1, 0.15) is 0 Å². The van der Waals surface area contributed by atoms with Crippen molar-refractivity contribution in [2.45, 2.75) is 34.1 Å². The molecule has 0 amide bonds. The van der Waals surface area contributed by atoms with Crippen molar-refractivity contribution in [2.24, 2.45) is 0 Å². The first-order chi connectivity index (χ1) is 6.24. The fourth-order valence-corrected chi connectivity index (χ4v) is 0.781. The summed E-state index contributed by atoms with van der Waals surface area (Å²) in [7, 11) is 0. The molecule has 0 saturated heterocycles. The second-order valence-electron chi connectivity index (χ2n) is 2.95. The molecule has 0 unspecified atom stereocenters. The lowest BCUT2D eigenvalue weighted by Crippen LogP contribution is -1.73. The first-order valence-electron chi connectivity index (χ1n) is 4.74. The lowest BCUT2D eigenvalue weighted by molar-refractivity contribution is 1.09. The number of hydrogen-bond donors (Lipinski definition) is 0. The molecule has 1 aromatic rings. The van der Waals surface area contributed by atoms with Gasteiger partial charge in [-0.3, -0.25) is 0 Å². The summed E-state index contributed by atoms with van der Waals surface area (Å²) in [6, 6.07) is 8.21. The minimum atomic E-state index is 1.09. The SMILES string of the molecule is CC#Cc1ccc(C)cc1.CCC.